The van der Waals surface area contributed by atoms with E-state index >= 15 is 0 Å². The normalized spacial score (nSPS) is 20.8. The van der Waals surface area contributed by atoms with E-state index in [1.165, 1.54) is 66.6 Å². The highest BCUT2D eigenvalue weighted by molar-refractivity contribution is 6.33. The Bertz CT molecular complexity index is 2000. The van der Waals surface area contributed by atoms with Crippen LogP contribution in [0.5, 0.6) is 0 Å². The largest absolute Gasteiger partial charge is 0.344 e. The summed E-state index contributed by atoms with van der Waals surface area (Å²) >= 11 is 7.13. The van der Waals surface area contributed by atoms with E-state index in [0.29, 0.717) is 0 Å². The van der Waals surface area contributed by atoms with Gasteiger partial charge in [-0.1, -0.05) is 92.2 Å². The van der Waals surface area contributed by atoms with Crippen LogP contribution >= 0.6 is 11.6 Å². The molecule has 0 radical (unpaired) electrons. The van der Waals surface area contributed by atoms with E-state index in [0.717, 1.165) is 31.0 Å². The Labute approximate surface area is 267 Å². The zero-order valence-electron chi connectivity index (χ0n) is 26.8. The zero-order valence-corrected chi connectivity index (χ0v) is 27.6. The maximum Gasteiger partial charge on any atom is 0.210 e. The number of allylic oxidation sites excluding steroid dienone is 8. The highest BCUT2D eigenvalue weighted by Gasteiger charge is 2.45. The maximum absolute atomic E-state index is 7.13. The molecule has 2 heterocycles. The Morgan fingerprint density at radius 2 is 1.41 bits per heavy atom. The molecule has 4 aromatic carbocycles. The molecule has 3 heteroatoms. The lowest BCUT2D eigenvalue weighted by atomic mass is 9.79. The van der Waals surface area contributed by atoms with Gasteiger partial charge >= 0.3 is 0 Å². The first kappa shape index (κ1) is 28.9. The average Bonchev–Trinajstić information content (AvgIpc) is 3.57. The number of rotatable bonds is 5. The molecular formula is C41H42ClN2+. The molecular weight excluding hydrogens is 556 g/mol. The van der Waals surface area contributed by atoms with Crippen molar-refractivity contribution in [2.75, 3.05) is 18.0 Å². The number of fused-ring (bicyclic) bond motifs is 6. The lowest BCUT2D eigenvalue weighted by molar-refractivity contribution is -0.433. The summed E-state index contributed by atoms with van der Waals surface area (Å²) in [7, 11) is 0. The van der Waals surface area contributed by atoms with Gasteiger partial charge in [-0.15, -0.1) is 0 Å². The van der Waals surface area contributed by atoms with E-state index < -0.39 is 0 Å². The molecule has 2 aliphatic heterocycles. The number of anilines is 1. The quantitative estimate of drug-likeness (QED) is 0.207. The molecule has 7 rings (SSSR count). The molecule has 0 N–H and O–H groups in total. The summed E-state index contributed by atoms with van der Waals surface area (Å²) in [6.45, 7) is 15.8. The van der Waals surface area contributed by atoms with Gasteiger partial charge in [-0.05, 0) is 97.0 Å². The fraction of sp³-hybridized carbons (Fsp3) is 0.293. The Morgan fingerprint density at radius 1 is 0.750 bits per heavy atom. The highest BCUT2D eigenvalue weighted by atomic mass is 35.5. The van der Waals surface area contributed by atoms with Gasteiger partial charge in [0.25, 0.3) is 0 Å². The second-order valence-electron chi connectivity index (χ2n) is 13.4. The second-order valence-corrected chi connectivity index (χ2v) is 13.8. The molecule has 0 unspecified atom stereocenters. The predicted molar refractivity (Wildman–Crippen MR) is 190 cm³/mol. The first-order chi connectivity index (χ1) is 21.2. The van der Waals surface area contributed by atoms with Crippen molar-refractivity contribution in [3.63, 3.8) is 0 Å². The molecule has 0 atom stereocenters. The first-order valence-corrected chi connectivity index (χ1v) is 16.5. The molecule has 0 amide bonds. The fourth-order valence-corrected chi connectivity index (χ4v) is 8.43. The number of likely N-dealkylation sites (N-methyl/N-ethyl adjacent to an activating group) is 1. The van der Waals surface area contributed by atoms with Gasteiger partial charge in [-0.3, -0.25) is 0 Å². The van der Waals surface area contributed by atoms with E-state index in [2.05, 4.69) is 148 Å². The summed E-state index contributed by atoms with van der Waals surface area (Å²) in [5, 5.41) is 6.20. The van der Waals surface area contributed by atoms with Crippen molar-refractivity contribution >= 4 is 50.2 Å². The summed E-state index contributed by atoms with van der Waals surface area (Å²) in [5.74, 6) is 0. The molecule has 44 heavy (non-hydrogen) atoms. The molecule has 1 aliphatic carbocycles. The molecule has 2 nitrogen and oxygen atoms in total. The molecule has 0 spiro atoms. The number of benzene rings is 4. The van der Waals surface area contributed by atoms with Crippen molar-refractivity contribution < 1.29 is 4.58 Å². The van der Waals surface area contributed by atoms with Gasteiger partial charge in [0, 0.05) is 46.1 Å². The number of halogens is 1. The van der Waals surface area contributed by atoms with Crippen LogP contribution < -0.4 is 4.90 Å². The van der Waals surface area contributed by atoms with Crippen molar-refractivity contribution in [2.45, 2.75) is 65.2 Å². The highest BCUT2D eigenvalue weighted by Crippen LogP contribution is 2.51. The SMILES string of the molecule is CCN1/C(=C/C=C2\CCC(/C=C/C3=[N+](CC)c4ccc5ccccc5c4C3(C)C)=C2Cl)C(C)(C)c2c1ccc1ccccc21. The topological polar surface area (TPSA) is 6.25 Å². The number of hydrogen-bond acceptors (Lipinski definition) is 1. The summed E-state index contributed by atoms with van der Waals surface area (Å²) in [4.78, 5) is 2.48. The zero-order chi connectivity index (χ0) is 30.8. The van der Waals surface area contributed by atoms with E-state index in [1.807, 2.05) is 0 Å². The van der Waals surface area contributed by atoms with Crippen LogP contribution in [0, 0.1) is 0 Å². The minimum atomic E-state index is -0.103. The van der Waals surface area contributed by atoms with E-state index in [4.69, 9.17) is 11.6 Å². The van der Waals surface area contributed by atoms with Crippen LogP contribution in [0.1, 0.15) is 65.5 Å². The van der Waals surface area contributed by atoms with Gasteiger partial charge in [-0.2, -0.15) is 4.58 Å². The van der Waals surface area contributed by atoms with Crippen LogP contribution in [-0.4, -0.2) is 23.4 Å². The first-order valence-electron chi connectivity index (χ1n) is 16.1. The molecule has 3 aliphatic rings. The lowest BCUT2D eigenvalue weighted by Crippen LogP contribution is -2.27. The molecule has 0 saturated carbocycles. The monoisotopic (exact) mass is 597 g/mol. The summed E-state index contributed by atoms with van der Waals surface area (Å²) in [6, 6.07) is 26.6. The van der Waals surface area contributed by atoms with E-state index in [9.17, 15) is 0 Å². The Balaban J connectivity index is 1.22. The molecule has 0 fully saturated rings. The third-order valence-electron chi connectivity index (χ3n) is 10.3. The van der Waals surface area contributed by atoms with Crippen molar-refractivity contribution in [1.82, 2.24) is 0 Å². The van der Waals surface area contributed by atoms with Crippen LogP contribution in [0.3, 0.4) is 0 Å². The van der Waals surface area contributed by atoms with Gasteiger partial charge in [0.15, 0.2) is 5.71 Å². The smallest absolute Gasteiger partial charge is 0.210 e. The summed E-state index contributed by atoms with van der Waals surface area (Å²) < 4.78 is 2.48. The third kappa shape index (κ3) is 4.25. The molecule has 0 saturated heterocycles. The molecule has 222 valence electrons. The molecule has 0 aromatic heterocycles. The average molecular weight is 598 g/mol. The molecule has 4 aromatic rings. The number of hydrogen-bond donors (Lipinski definition) is 0. The van der Waals surface area contributed by atoms with Gasteiger partial charge in [0.2, 0.25) is 5.69 Å². The Kier molecular flexibility index (Phi) is 6.98. The van der Waals surface area contributed by atoms with Crippen LogP contribution in [0.2, 0.25) is 0 Å². The standard InChI is InChI=1S/C41H42ClN2/c1-7-43-33-23-19-27-13-9-11-15-31(27)37(33)40(3,4)35(43)25-21-29-17-18-30(39(29)42)22-26-36-41(5,6)38-32-16-12-10-14-28(32)20-24-34(38)44(36)8-2/h9-16,19-26H,7-8,17-18H2,1-6H3/q+1. The number of nitrogens with zero attached hydrogens (tertiary/aromatic N) is 2. The van der Waals surface area contributed by atoms with Gasteiger partial charge in [0.1, 0.15) is 6.54 Å². The summed E-state index contributed by atoms with van der Waals surface area (Å²) in [6.07, 6.45) is 11.2. The second kappa shape index (κ2) is 10.6. The molecule has 0 bridgehead atoms. The van der Waals surface area contributed by atoms with E-state index in [1.54, 1.807) is 0 Å². The van der Waals surface area contributed by atoms with E-state index in [-0.39, 0.29) is 10.8 Å². The Morgan fingerprint density at radius 3 is 2.09 bits per heavy atom. The van der Waals surface area contributed by atoms with Crippen LogP contribution in [0.15, 0.2) is 119 Å². The van der Waals surface area contributed by atoms with Crippen LogP contribution in [0.4, 0.5) is 11.4 Å². The minimum Gasteiger partial charge on any atom is -0.344 e. The Hall–Kier alpha value is -3.88. The van der Waals surface area contributed by atoms with Crippen molar-refractivity contribution in [3.8, 4) is 0 Å². The maximum atomic E-state index is 7.13. The van der Waals surface area contributed by atoms with Gasteiger partial charge in [-0.25, -0.2) is 0 Å². The van der Waals surface area contributed by atoms with Crippen molar-refractivity contribution in [1.29, 1.82) is 0 Å². The summed E-state index contributed by atoms with van der Waals surface area (Å²) in [5.41, 5.74) is 10.4. The van der Waals surface area contributed by atoms with Gasteiger partial charge in [0.05, 0.1) is 5.41 Å². The minimum absolute atomic E-state index is 0.103. The fourth-order valence-electron chi connectivity index (χ4n) is 8.12. The van der Waals surface area contributed by atoms with Crippen molar-refractivity contribution in [3.05, 3.63) is 130 Å². The third-order valence-corrected chi connectivity index (χ3v) is 10.7. The van der Waals surface area contributed by atoms with Crippen LogP contribution in [-0.2, 0) is 10.8 Å². The predicted octanol–water partition coefficient (Wildman–Crippen LogP) is 10.9. The lowest BCUT2D eigenvalue weighted by Gasteiger charge is -2.26. The van der Waals surface area contributed by atoms with Crippen LogP contribution in [0.25, 0.3) is 21.5 Å². The van der Waals surface area contributed by atoms with Gasteiger partial charge < -0.3 is 4.90 Å². The van der Waals surface area contributed by atoms with Crippen molar-refractivity contribution in [2.24, 2.45) is 0 Å².